The third kappa shape index (κ3) is 2.69. The molecule has 6 nitrogen and oxygen atoms in total. The summed E-state index contributed by atoms with van der Waals surface area (Å²) in [6, 6.07) is 4.46. The van der Waals surface area contributed by atoms with Crippen molar-refractivity contribution in [1.29, 1.82) is 0 Å². The summed E-state index contributed by atoms with van der Waals surface area (Å²) in [7, 11) is 1.81. The first-order chi connectivity index (χ1) is 8.60. The fraction of sp³-hybridized carbons (Fsp3) is 0.182. The van der Waals surface area contributed by atoms with E-state index in [4.69, 9.17) is 0 Å². The molecule has 0 aliphatic heterocycles. The van der Waals surface area contributed by atoms with Crippen molar-refractivity contribution in [3.05, 3.63) is 46.3 Å². The van der Waals surface area contributed by atoms with Gasteiger partial charge in [-0.3, -0.25) is 14.8 Å². The molecule has 0 atom stereocenters. The molecule has 0 saturated heterocycles. The maximum atomic E-state index is 10.6. The fourth-order valence-corrected chi connectivity index (χ4v) is 2.43. The monoisotopic (exact) mass is 265 g/mol. The minimum Gasteiger partial charge on any atom is -0.392 e. The number of nitro groups is 1. The molecule has 1 heterocycles. The SMILES string of the molecule is Cn1cc(Sc2ccc([N+](=O)[O-])cc2CO)cn1. The van der Waals surface area contributed by atoms with Crippen LogP contribution in [0.25, 0.3) is 0 Å². The molecule has 0 fully saturated rings. The molecule has 0 aliphatic carbocycles. The minimum atomic E-state index is -0.475. The van der Waals surface area contributed by atoms with Gasteiger partial charge in [0.2, 0.25) is 0 Å². The topological polar surface area (TPSA) is 81.2 Å². The molecule has 1 N–H and O–H groups in total. The smallest absolute Gasteiger partial charge is 0.269 e. The number of non-ortho nitro benzene ring substituents is 1. The molecule has 1 aromatic carbocycles. The predicted molar refractivity (Wildman–Crippen MR) is 66.4 cm³/mol. The van der Waals surface area contributed by atoms with Crippen LogP contribution in [-0.2, 0) is 13.7 Å². The van der Waals surface area contributed by atoms with Crippen LogP contribution in [0, 0.1) is 10.1 Å². The Morgan fingerprint density at radius 1 is 1.56 bits per heavy atom. The molecule has 7 heteroatoms. The maximum absolute atomic E-state index is 10.6. The largest absolute Gasteiger partial charge is 0.392 e. The Balaban J connectivity index is 2.30. The van der Waals surface area contributed by atoms with Gasteiger partial charge in [0, 0.05) is 30.3 Å². The van der Waals surface area contributed by atoms with Crippen molar-refractivity contribution in [2.45, 2.75) is 16.4 Å². The fourth-order valence-electron chi connectivity index (χ4n) is 1.48. The number of benzene rings is 1. The molecule has 0 unspecified atom stereocenters. The maximum Gasteiger partial charge on any atom is 0.269 e. The van der Waals surface area contributed by atoms with Gasteiger partial charge in [0.05, 0.1) is 22.6 Å². The van der Waals surface area contributed by atoms with E-state index in [1.165, 1.54) is 23.9 Å². The van der Waals surface area contributed by atoms with Gasteiger partial charge in [-0.05, 0) is 11.6 Å². The van der Waals surface area contributed by atoms with E-state index in [9.17, 15) is 15.2 Å². The van der Waals surface area contributed by atoms with Gasteiger partial charge in [-0.2, -0.15) is 5.10 Å². The molecular formula is C11H11N3O3S. The summed E-state index contributed by atoms with van der Waals surface area (Å²) in [6.07, 6.45) is 3.54. The predicted octanol–water partition coefficient (Wildman–Crippen LogP) is 1.97. The lowest BCUT2D eigenvalue weighted by Gasteiger charge is -2.05. The molecule has 2 rings (SSSR count). The van der Waals surface area contributed by atoms with Crippen molar-refractivity contribution in [2.75, 3.05) is 0 Å². The Morgan fingerprint density at radius 2 is 2.33 bits per heavy atom. The quantitative estimate of drug-likeness (QED) is 0.675. The molecule has 18 heavy (non-hydrogen) atoms. The van der Waals surface area contributed by atoms with Crippen molar-refractivity contribution in [1.82, 2.24) is 9.78 Å². The molecule has 0 aliphatic rings. The van der Waals surface area contributed by atoms with E-state index < -0.39 is 4.92 Å². The van der Waals surface area contributed by atoms with Gasteiger partial charge in [0.1, 0.15) is 0 Å². The van der Waals surface area contributed by atoms with Gasteiger partial charge < -0.3 is 5.11 Å². The van der Waals surface area contributed by atoms with E-state index in [0.29, 0.717) is 5.56 Å². The second-order valence-electron chi connectivity index (χ2n) is 3.66. The van der Waals surface area contributed by atoms with Crippen LogP contribution in [-0.4, -0.2) is 19.8 Å². The number of rotatable bonds is 4. The highest BCUT2D eigenvalue weighted by Gasteiger charge is 2.11. The molecule has 0 bridgehead atoms. The summed E-state index contributed by atoms with van der Waals surface area (Å²) in [4.78, 5) is 11.9. The lowest BCUT2D eigenvalue weighted by Crippen LogP contribution is -1.93. The van der Waals surface area contributed by atoms with Crippen molar-refractivity contribution in [3.63, 3.8) is 0 Å². The summed E-state index contributed by atoms with van der Waals surface area (Å²) >= 11 is 1.41. The molecule has 1 aromatic heterocycles. The van der Waals surface area contributed by atoms with Crippen LogP contribution >= 0.6 is 11.8 Å². The first-order valence-corrected chi connectivity index (χ1v) is 5.96. The molecule has 0 radical (unpaired) electrons. The van der Waals surface area contributed by atoms with Gasteiger partial charge in [-0.25, -0.2) is 0 Å². The Hall–Kier alpha value is -1.86. The van der Waals surface area contributed by atoms with Crippen LogP contribution in [0.15, 0.2) is 40.4 Å². The molecule has 0 saturated carbocycles. The van der Waals surface area contributed by atoms with Gasteiger partial charge >= 0.3 is 0 Å². The highest BCUT2D eigenvalue weighted by Crippen LogP contribution is 2.32. The number of aromatic nitrogens is 2. The zero-order valence-electron chi connectivity index (χ0n) is 9.61. The van der Waals surface area contributed by atoms with E-state index in [1.807, 2.05) is 13.2 Å². The van der Waals surface area contributed by atoms with Crippen molar-refractivity contribution in [3.8, 4) is 0 Å². The molecule has 0 spiro atoms. The Bertz CT molecular complexity index is 583. The number of nitrogens with zero attached hydrogens (tertiary/aromatic N) is 3. The van der Waals surface area contributed by atoms with Crippen molar-refractivity contribution >= 4 is 17.4 Å². The Labute approximate surface area is 107 Å². The van der Waals surface area contributed by atoms with Crippen LogP contribution in [0.3, 0.4) is 0 Å². The van der Waals surface area contributed by atoms with Crippen LogP contribution in [0.4, 0.5) is 5.69 Å². The molecule has 0 amide bonds. The third-order valence-corrected chi connectivity index (χ3v) is 3.40. The zero-order chi connectivity index (χ0) is 13.1. The number of hydrogen-bond donors (Lipinski definition) is 1. The first-order valence-electron chi connectivity index (χ1n) is 5.15. The summed E-state index contributed by atoms with van der Waals surface area (Å²) in [6.45, 7) is -0.232. The molecule has 94 valence electrons. The van der Waals surface area contributed by atoms with Gasteiger partial charge in [0.25, 0.3) is 5.69 Å². The first kappa shape index (κ1) is 12.6. The van der Waals surface area contributed by atoms with Crippen LogP contribution in [0.1, 0.15) is 5.56 Å². The van der Waals surface area contributed by atoms with Gasteiger partial charge in [-0.1, -0.05) is 11.8 Å². The lowest BCUT2D eigenvalue weighted by molar-refractivity contribution is -0.385. The van der Waals surface area contributed by atoms with Gasteiger partial charge in [0.15, 0.2) is 0 Å². The van der Waals surface area contributed by atoms with E-state index in [0.717, 1.165) is 9.79 Å². The van der Waals surface area contributed by atoms with E-state index in [1.54, 1.807) is 16.9 Å². The van der Waals surface area contributed by atoms with E-state index in [2.05, 4.69) is 5.10 Å². The highest BCUT2D eigenvalue weighted by atomic mass is 32.2. The summed E-state index contributed by atoms with van der Waals surface area (Å²) < 4.78 is 1.67. The highest BCUT2D eigenvalue weighted by molar-refractivity contribution is 7.99. The van der Waals surface area contributed by atoms with Gasteiger partial charge in [-0.15, -0.1) is 0 Å². The van der Waals surface area contributed by atoms with Crippen LogP contribution in [0.5, 0.6) is 0 Å². The average molecular weight is 265 g/mol. The van der Waals surface area contributed by atoms with E-state index >= 15 is 0 Å². The average Bonchev–Trinajstić information content (AvgIpc) is 2.75. The number of nitro benzene ring substituents is 1. The zero-order valence-corrected chi connectivity index (χ0v) is 10.4. The second kappa shape index (κ2) is 5.19. The third-order valence-electron chi connectivity index (χ3n) is 2.33. The minimum absolute atomic E-state index is 0.0189. The Kier molecular flexibility index (Phi) is 3.63. The molecule has 2 aromatic rings. The van der Waals surface area contributed by atoms with Crippen LogP contribution < -0.4 is 0 Å². The number of aliphatic hydroxyl groups excluding tert-OH is 1. The number of aryl methyl sites for hydroxylation is 1. The lowest BCUT2D eigenvalue weighted by atomic mass is 10.2. The summed E-state index contributed by atoms with van der Waals surface area (Å²) in [5.41, 5.74) is 0.521. The van der Waals surface area contributed by atoms with Crippen molar-refractivity contribution in [2.24, 2.45) is 7.05 Å². The molecular weight excluding hydrogens is 254 g/mol. The summed E-state index contributed by atoms with van der Waals surface area (Å²) in [5, 5.41) is 23.9. The summed E-state index contributed by atoms with van der Waals surface area (Å²) in [5.74, 6) is 0. The Morgan fingerprint density at radius 3 is 2.89 bits per heavy atom. The van der Waals surface area contributed by atoms with E-state index in [-0.39, 0.29) is 12.3 Å². The second-order valence-corrected chi connectivity index (χ2v) is 4.77. The van der Waals surface area contributed by atoms with Crippen molar-refractivity contribution < 1.29 is 10.0 Å². The normalized spacial score (nSPS) is 10.6. The standard InChI is InChI=1S/C11H11N3O3S/c1-13-6-10(5-12-13)18-11-3-2-9(14(16)17)4-8(11)7-15/h2-6,15H,7H2,1H3. The van der Waals surface area contributed by atoms with Crippen LogP contribution in [0.2, 0.25) is 0 Å². The number of hydrogen-bond acceptors (Lipinski definition) is 5. The number of aliphatic hydroxyl groups is 1.